The average Bonchev–Trinajstić information content (AvgIpc) is 3.63. The van der Waals surface area contributed by atoms with Crippen molar-refractivity contribution in [3.8, 4) is 11.1 Å². The molecule has 0 saturated heterocycles. The fourth-order valence-electron chi connectivity index (χ4n) is 4.53. The first-order valence-corrected chi connectivity index (χ1v) is 11.7. The van der Waals surface area contributed by atoms with Crippen molar-refractivity contribution in [2.24, 2.45) is 11.8 Å². The minimum Gasteiger partial charge on any atom is -0.477 e. The van der Waals surface area contributed by atoms with E-state index in [1.54, 1.807) is 0 Å². The number of carbonyl (C=O) groups is 3. The van der Waals surface area contributed by atoms with E-state index in [4.69, 9.17) is 9.84 Å². The quantitative estimate of drug-likeness (QED) is 0.468. The normalized spacial score (nSPS) is 16.5. The molecule has 2 aliphatic carbocycles. The molecule has 0 heterocycles. The number of hydrogen-bond donors (Lipinski definition) is 3. The molecule has 0 spiro atoms. The van der Waals surface area contributed by atoms with Gasteiger partial charge >= 0.3 is 18.0 Å². The van der Waals surface area contributed by atoms with Crippen LogP contribution >= 0.6 is 0 Å². The minimum atomic E-state index is -4.03. The van der Waals surface area contributed by atoms with E-state index in [0.717, 1.165) is 22.3 Å². The summed E-state index contributed by atoms with van der Waals surface area (Å²) in [5.74, 6) is -8.27. The highest BCUT2D eigenvalue weighted by Gasteiger charge is 2.54. The number of carboxylic acid groups (broad SMARTS) is 1. The maximum absolute atomic E-state index is 14.0. The SMILES string of the molecule is CC(CCNC(=O)OCC1c2ccccc2-c2ccccc21)C(=O)NC(C1CC1)C(F)(F)C(=O)O. The summed E-state index contributed by atoms with van der Waals surface area (Å²) >= 11 is 0. The van der Waals surface area contributed by atoms with Crippen LogP contribution in [0.25, 0.3) is 11.1 Å². The molecule has 4 rings (SSSR count). The Labute approximate surface area is 201 Å². The van der Waals surface area contributed by atoms with Gasteiger partial charge in [-0.05, 0) is 47.4 Å². The summed E-state index contributed by atoms with van der Waals surface area (Å²) in [5.41, 5.74) is 4.43. The van der Waals surface area contributed by atoms with Crippen LogP contribution in [-0.2, 0) is 14.3 Å². The Kier molecular flexibility index (Phi) is 7.05. The van der Waals surface area contributed by atoms with E-state index >= 15 is 0 Å². The number of ether oxygens (including phenoxy) is 1. The molecule has 35 heavy (non-hydrogen) atoms. The van der Waals surface area contributed by atoms with Crippen molar-refractivity contribution < 1.29 is 33.0 Å². The lowest BCUT2D eigenvalue weighted by atomic mass is 9.98. The number of carbonyl (C=O) groups excluding carboxylic acids is 2. The number of alkyl halides is 2. The van der Waals surface area contributed by atoms with Gasteiger partial charge in [-0.1, -0.05) is 55.5 Å². The maximum atomic E-state index is 14.0. The van der Waals surface area contributed by atoms with E-state index < -0.39 is 41.8 Å². The van der Waals surface area contributed by atoms with Crippen molar-refractivity contribution in [1.82, 2.24) is 10.6 Å². The molecule has 186 valence electrons. The number of rotatable bonds is 10. The Morgan fingerprint density at radius 3 is 2.17 bits per heavy atom. The van der Waals surface area contributed by atoms with Crippen LogP contribution in [0.3, 0.4) is 0 Å². The Bertz CT molecular complexity index is 1070. The molecule has 3 N–H and O–H groups in total. The van der Waals surface area contributed by atoms with Gasteiger partial charge in [0.25, 0.3) is 0 Å². The first-order chi connectivity index (χ1) is 16.7. The highest BCUT2D eigenvalue weighted by Crippen LogP contribution is 2.44. The van der Waals surface area contributed by atoms with Crippen LogP contribution in [0.4, 0.5) is 13.6 Å². The molecule has 9 heteroatoms. The second kappa shape index (κ2) is 10.0. The van der Waals surface area contributed by atoms with E-state index in [9.17, 15) is 23.2 Å². The number of nitrogens with one attached hydrogen (secondary N) is 2. The molecule has 2 atom stereocenters. The Balaban J connectivity index is 1.25. The summed E-state index contributed by atoms with van der Waals surface area (Å²) in [5, 5.41) is 13.6. The first-order valence-electron chi connectivity index (χ1n) is 11.7. The van der Waals surface area contributed by atoms with Crippen molar-refractivity contribution in [3.05, 3.63) is 59.7 Å². The summed E-state index contributed by atoms with van der Waals surface area (Å²) in [6.07, 6.45) is 0.455. The zero-order valence-electron chi connectivity index (χ0n) is 19.3. The van der Waals surface area contributed by atoms with Crippen molar-refractivity contribution in [1.29, 1.82) is 0 Å². The third-order valence-electron chi connectivity index (χ3n) is 6.70. The standard InChI is InChI=1S/C26H28F2N2O5/c1-15(23(31)30-22(16-10-11-16)26(27,28)24(32)33)12-13-29-25(34)35-14-21-19-8-4-2-6-17(19)18-7-3-5-9-20(18)21/h2-9,15-16,21-22H,10-14H2,1H3,(H,29,34)(H,30,31)(H,32,33). The predicted molar refractivity (Wildman–Crippen MR) is 124 cm³/mol. The van der Waals surface area contributed by atoms with E-state index in [-0.39, 0.29) is 25.5 Å². The topological polar surface area (TPSA) is 105 Å². The summed E-state index contributed by atoms with van der Waals surface area (Å²) in [7, 11) is 0. The van der Waals surface area contributed by atoms with Crippen molar-refractivity contribution >= 4 is 18.0 Å². The molecular weight excluding hydrogens is 458 g/mol. The fraction of sp³-hybridized carbons (Fsp3) is 0.423. The van der Waals surface area contributed by atoms with Crippen LogP contribution in [0, 0.1) is 11.8 Å². The van der Waals surface area contributed by atoms with Crippen LogP contribution in [0.15, 0.2) is 48.5 Å². The lowest BCUT2D eigenvalue weighted by Gasteiger charge is -2.26. The third kappa shape index (κ3) is 5.28. The van der Waals surface area contributed by atoms with E-state index in [1.807, 2.05) is 48.5 Å². The van der Waals surface area contributed by atoms with Gasteiger partial charge in [-0.15, -0.1) is 0 Å². The van der Waals surface area contributed by atoms with Gasteiger partial charge < -0.3 is 20.5 Å². The molecule has 7 nitrogen and oxygen atoms in total. The highest BCUT2D eigenvalue weighted by atomic mass is 19.3. The molecule has 1 saturated carbocycles. The van der Waals surface area contributed by atoms with Gasteiger partial charge in [-0.25, -0.2) is 9.59 Å². The summed E-state index contributed by atoms with van der Waals surface area (Å²) in [6, 6.07) is 14.2. The minimum absolute atomic E-state index is 0.0758. The molecule has 2 aliphatic rings. The van der Waals surface area contributed by atoms with Crippen molar-refractivity contribution in [2.45, 2.75) is 44.1 Å². The number of carboxylic acids is 1. The number of aliphatic carboxylic acids is 1. The lowest BCUT2D eigenvalue weighted by Crippen LogP contribution is -2.54. The molecular formula is C26H28F2N2O5. The number of fused-ring (bicyclic) bond motifs is 3. The Morgan fingerprint density at radius 1 is 1.06 bits per heavy atom. The summed E-state index contributed by atoms with van der Waals surface area (Å²) < 4.78 is 33.4. The third-order valence-corrected chi connectivity index (χ3v) is 6.70. The van der Waals surface area contributed by atoms with Crippen LogP contribution in [0.2, 0.25) is 0 Å². The predicted octanol–water partition coefficient (Wildman–Crippen LogP) is 4.17. The average molecular weight is 487 g/mol. The molecule has 1 fully saturated rings. The molecule has 0 aromatic heterocycles. The number of amides is 2. The van der Waals surface area contributed by atoms with Gasteiger partial charge in [-0.2, -0.15) is 8.78 Å². The van der Waals surface area contributed by atoms with Crippen LogP contribution in [-0.4, -0.2) is 48.2 Å². The maximum Gasteiger partial charge on any atom is 0.407 e. The van der Waals surface area contributed by atoms with E-state index in [1.165, 1.54) is 6.92 Å². The molecule has 0 radical (unpaired) electrons. The molecule has 0 bridgehead atoms. The number of hydrogen-bond acceptors (Lipinski definition) is 4. The number of alkyl carbamates (subject to hydrolysis) is 1. The van der Waals surface area contributed by atoms with Crippen molar-refractivity contribution in [2.75, 3.05) is 13.2 Å². The number of benzene rings is 2. The second-order valence-electron chi connectivity index (χ2n) is 9.19. The zero-order chi connectivity index (χ0) is 25.2. The van der Waals surface area contributed by atoms with Gasteiger partial charge in [-0.3, -0.25) is 4.79 Å². The molecule has 2 aromatic carbocycles. The van der Waals surface area contributed by atoms with Crippen molar-refractivity contribution in [3.63, 3.8) is 0 Å². The molecule has 2 unspecified atom stereocenters. The Morgan fingerprint density at radius 2 is 1.63 bits per heavy atom. The molecule has 2 amide bonds. The summed E-state index contributed by atoms with van der Waals surface area (Å²) in [4.78, 5) is 35.6. The van der Waals surface area contributed by atoms with Gasteiger partial charge in [0.1, 0.15) is 12.6 Å². The smallest absolute Gasteiger partial charge is 0.407 e. The molecule has 2 aromatic rings. The van der Waals surface area contributed by atoms with Crippen LogP contribution < -0.4 is 10.6 Å². The van der Waals surface area contributed by atoms with E-state index in [0.29, 0.717) is 12.8 Å². The van der Waals surface area contributed by atoms with Gasteiger partial charge in [0.15, 0.2) is 0 Å². The monoisotopic (exact) mass is 486 g/mol. The zero-order valence-corrected chi connectivity index (χ0v) is 19.3. The Hall–Kier alpha value is -3.49. The number of halogens is 2. The molecule has 0 aliphatic heterocycles. The largest absolute Gasteiger partial charge is 0.477 e. The fourth-order valence-corrected chi connectivity index (χ4v) is 4.53. The van der Waals surface area contributed by atoms with Crippen LogP contribution in [0.1, 0.15) is 43.2 Å². The van der Waals surface area contributed by atoms with Gasteiger partial charge in [0.2, 0.25) is 5.91 Å². The van der Waals surface area contributed by atoms with Crippen LogP contribution in [0.5, 0.6) is 0 Å². The lowest BCUT2D eigenvalue weighted by molar-refractivity contribution is -0.171. The summed E-state index contributed by atoms with van der Waals surface area (Å²) in [6.45, 7) is 1.80. The second-order valence-corrected chi connectivity index (χ2v) is 9.19. The van der Waals surface area contributed by atoms with E-state index in [2.05, 4.69) is 10.6 Å². The van der Waals surface area contributed by atoms with Gasteiger partial charge in [0, 0.05) is 18.4 Å². The van der Waals surface area contributed by atoms with Gasteiger partial charge in [0.05, 0.1) is 0 Å². The first kappa shape index (κ1) is 24.6. The highest BCUT2D eigenvalue weighted by molar-refractivity contribution is 5.82.